The van der Waals surface area contributed by atoms with Gasteiger partial charge in [0.25, 0.3) is 5.91 Å². The molecule has 3 atom stereocenters. The summed E-state index contributed by atoms with van der Waals surface area (Å²) < 4.78 is 55.9. The van der Waals surface area contributed by atoms with Crippen molar-refractivity contribution < 1.29 is 41.8 Å². The number of aromatic amines is 1. The van der Waals surface area contributed by atoms with Gasteiger partial charge in [0.15, 0.2) is 5.82 Å². The summed E-state index contributed by atoms with van der Waals surface area (Å²) >= 11 is 0. The molecule has 13 nitrogen and oxygen atoms in total. The summed E-state index contributed by atoms with van der Waals surface area (Å²) in [6.45, 7) is 4.37. The number of carboxylic acid groups (broad SMARTS) is 1. The van der Waals surface area contributed by atoms with E-state index in [1.807, 2.05) is 49.4 Å². The van der Waals surface area contributed by atoms with Gasteiger partial charge in [0.2, 0.25) is 17.6 Å². The molecule has 3 aromatic carbocycles. The van der Waals surface area contributed by atoms with Crippen molar-refractivity contribution in [1.82, 2.24) is 31.1 Å². The monoisotopic (exact) mass is 840 g/mol. The third-order valence-electron chi connectivity index (χ3n) is 11.6. The molecule has 18 heteroatoms. The minimum atomic E-state index is -5.44. The van der Waals surface area contributed by atoms with Crippen LogP contribution in [0, 0.1) is 30.6 Å². The van der Waals surface area contributed by atoms with E-state index in [4.69, 9.17) is 10.8 Å². The van der Waals surface area contributed by atoms with Crippen LogP contribution in [0.4, 0.5) is 23.2 Å². The van der Waals surface area contributed by atoms with Gasteiger partial charge in [0.05, 0.1) is 0 Å². The number of carbonyl (C=O) groups is 4. The second-order valence-electron chi connectivity index (χ2n) is 15.5. The number of carboxylic acids is 1. The highest BCUT2D eigenvalue weighted by Crippen LogP contribution is 2.43. The fourth-order valence-corrected chi connectivity index (χ4v) is 7.96. The predicted octanol–water partition coefficient (Wildman–Crippen LogP) is 5.06. The van der Waals surface area contributed by atoms with Crippen LogP contribution in [0.5, 0.6) is 0 Å². The Bertz CT molecular complexity index is 2170. The number of aromatic nitrogens is 3. The van der Waals surface area contributed by atoms with Crippen molar-refractivity contribution in [2.45, 2.75) is 63.0 Å². The fraction of sp³-hybridized carbons (Fsp3) is 0.415. The standard InChI is InChI=1S/C41H44F4N8O5.ClH/c1-21-16-27(36(55)50-33-30-19-47-20-31(30)33)12-15-29(21)24-6-2-22(3-7-24)17-32(49-35(54)26-8-4-23(18-46)5-9-26)37(56)48-28-13-10-25(11-14-28)34-51-38(53-52-34)40(42,43)41(44,45)39(57)58;/h2-3,6-7,10-16,23,26,30-33,47H,4-5,8-9,17-20,46H2,1H3,(H,48,56)(H,49,54)(H,50,55)(H,57,58)(H,51,52,53);1H/t23?,26?,30?,31?,32-,33?;/m0./s1. The van der Waals surface area contributed by atoms with Crippen LogP contribution in [0.15, 0.2) is 66.7 Å². The van der Waals surface area contributed by atoms with Crippen molar-refractivity contribution in [3.05, 3.63) is 89.2 Å². The van der Waals surface area contributed by atoms with Crippen LogP contribution >= 0.6 is 12.4 Å². The number of rotatable bonds is 14. The molecule has 3 aliphatic rings. The molecule has 4 aromatic rings. The Morgan fingerprint density at radius 1 is 0.915 bits per heavy atom. The number of nitrogens with two attached hydrogens (primary N) is 1. The third kappa shape index (κ3) is 9.11. The van der Waals surface area contributed by atoms with Gasteiger partial charge in [-0.05, 0) is 116 Å². The number of aryl methyl sites for hydroxylation is 1. The van der Waals surface area contributed by atoms with E-state index in [0.717, 1.165) is 48.2 Å². The highest BCUT2D eigenvalue weighted by atomic mass is 35.5. The van der Waals surface area contributed by atoms with E-state index < -0.39 is 41.4 Å². The lowest BCUT2D eigenvalue weighted by Gasteiger charge is -2.28. The minimum absolute atomic E-state index is 0. The van der Waals surface area contributed by atoms with E-state index in [1.165, 1.54) is 24.3 Å². The summed E-state index contributed by atoms with van der Waals surface area (Å²) in [5, 5.41) is 26.0. The average molecular weight is 841 g/mol. The Balaban J connectivity index is 0.00000585. The molecule has 1 aliphatic heterocycles. The van der Waals surface area contributed by atoms with Crippen molar-refractivity contribution >= 4 is 41.8 Å². The van der Waals surface area contributed by atoms with Gasteiger partial charge in [0.1, 0.15) is 6.04 Å². The zero-order valence-electron chi connectivity index (χ0n) is 31.9. The first-order chi connectivity index (χ1) is 27.7. The molecule has 7 rings (SSSR count). The highest BCUT2D eigenvalue weighted by Gasteiger charge is 2.65. The lowest BCUT2D eigenvalue weighted by atomic mass is 9.81. The molecule has 59 heavy (non-hydrogen) atoms. The van der Waals surface area contributed by atoms with Gasteiger partial charge in [-0.15, -0.1) is 12.4 Å². The van der Waals surface area contributed by atoms with E-state index in [9.17, 15) is 36.7 Å². The number of alkyl halides is 4. The SMILES string of the molecule is Cc1cc(C(=O)NC2C3CNCC32)ccc1-c1ccc(C[C@H](NC(=O)C2CCC(CN)CC2)C(=O)Nc2ccc(-c3n[nH]c(C(F)(F)C(F)(F)C(=O)O)n3)cc2)cc1.Cl. The summed E-state index contributed by atoms with van der Waals surface area (Å²) in [6, 6.07) is 18.0. The van der Waals surface area contributed by atoms with Crippen molar-refractivity contribution in [1.29, 1.82) is 0 Å². The number of hydrogen-bond donors (Lipinski definition) is 7. The van der Waals surface area contributed by atoms with Crippen LogP contribution in [-0.4, -0.2) is 81.6 Å². The van der Waals surface area contributed by atoms with Crippen molar-refractivity contribution in [3.8, 4) is 22.5 Å². The number of halogens is 5. The van der Waals surface area contributed by atoms with E-state index in [-0.39, 0.29) is 53.9 Å². The van der Waals surface area contributed by atoms with Crippen molar-refractivity contribution in [3.63, 3.8) is 0 Å². The molecule has 0 radical (unpaired) electrons. The number of benzene rings is 3. The zero-order valence-corrected chi connectivity index (χ0v) is 32.8. The normalized spacial score (nSPS) is 21.7. The van der Waals surface area contributed by atoms with Crippen LogP contribution in [0.3, 0.4) is 0 Å². The highest BCUT2D eigenvalue weighted by molar-refractivity contribution is 5.98. The second-order valence-corrected chi connectivity index (χ2v) is 15.5. The molecule has 3 amide bonds. The Labute approximate surface area is 343 Å². The van der Waals surface area contributed by atoms with Gasteiger partial charge in [-0.1, -0.05) is 30.3 Å². The van der Waals surface area contributed by atoms with Gasteiger partial charge in [-0.25, -0.2) is 9.78 Å². The topological polar surface area (TPSA) is 204 Å². The molecule has 8 N–H and O–H groups in total. The minimum Gasteiger partial charge on any atom is -0.477 e. The lowest BCUT2D eigenvalue weighted by molar-refractivity contribution is -0.231. The fourth-order valence-electron chi connectivity index (χ4n) is 7.96. The molecule has 2 saturated carbocycles. The van der Waals surface area contributed by atoms with E-state index in [1.54, 1.807) is 5.10 Å². The molecule has 2 unspecified atom stereocenters. The van der Waals surface area contributed by atoms with Gasteiger partial charge < -0.3 is 32.1 Å². The number of hydrogen-bond acceptors (Lipinski definition) is 8. The van der Waals surface area contributed by atoms with Crippen LogP contribution in [-0.2, 0) is 26.7 Å². The number of fused-ring (bicyclic) bond motifs is 1. The van der Waals surface area contributed by atoms with E-state index >= 15 is 0 Å². The Kier molecular flexibility index (Phi) is 12.8. The van der Waals surface area contributed by atoms with Crippen LogP contribution < -0.4 is 27.0 Å². The van der Waals surface area contributed by atoms with E-state index in [2.05, 4.69) is 31.3 Å². The molecular formula is C41H45ClF4N8O5. The first-order valence-electron chi connectivity index (χ1n) is 19.2. The molecule has 2 heterocycles. The number of amides is 3. The summed E-state index contributed by atoms with van der Waals surface area (Å²) in [5.74, 6) is -15.4. The van der Waals surface area contributed by atoms with Crippen molar-refractivity contribution in [2.75, 3.05) is 25.0 Å². The summed E-state index contributed by atoms with van der Waals surface area (Å²) in [5.41, 5.74) is 10.4. The predicted molar refractivity (Wildman–Crippen MR) is 212 cm³/mol. The number of H-pyrrole nitrogens is 1. The molecule has 1 saturated heterocycles. The summed E-state index contributed by atoms with van der Waals surface area (Å²) in [7, 11) is 0. The Morgan fingerprint density at radius 3 is 2.17 bits per heavy atom. The molecule has 314 valence electrons. The molecule has 0 bridgehead atoms. The summed E-state index contributed by atoms with van der Waals surface area (Å²) in [4.78, 5) is 54.3. The van der Waals surface area contributed by atoms with Gasteiger partial charge >= 0.3 is 17.8 Å². The molecular weight excluding hydrogens is 796 g/mol. The average Bonchev–Trinajstić information content (AvgIpc) is 3.56. The number of anilines is 1. The number of nitrogens with zero attached hydrogens (tertiary/aromatic N) is 2. The van der Waals surface area contributed by atoms with Crippen LogP contribution in [0.25, 0.3) is 22.5 Å². The number of nitrogens with one attached hydrogen (secondary N) is 5. The first-order valence-corrected chi connectivity index (χ1v) is 19.2. The van der Waals surface area contributed by atoms with Crippen LogP contribution in [0.1, 0.15) is 53.0 Å². The smallest absolute Gasteiger partial charge is 0.411 e. The van der Waals surface area contributed by atoms with E-state index in [0.29, 0.717) is 42.7 Å². The molecule has 2 aliphatic carbocycles. The maximum Gasteiger partial charge on any atom is 0.411 e. The Morgan fingerprint density at radius 2 is 1.56 bits per heavy atom. The number of aliphatic carboxylic acids is 1. The Hall–Kier alpha value is -5.39. The third-order valence-corrected chi connectivity index (χ3v) is 11.6. The first kappa shape index (κ1) is 43.2. The molecule has 0 spiro atoms. The van der Waals surface area contributed by atoms with Gasteiger partial charge in [-0.2, -0.15) is 22.7 Å². The molecule has 3 fully saturated rings. The summed E-state index contributed by atoms with van der Waals surface area (Å²) in [6.07, 6.45) is 3.09. The lowest BCUT2D eigenvalue weighted by Crippen LogP contribution is -2.48. The molecule has 1 aromatic heterocycles. The van der Waals surface area contributed by atoms with Gasteiger partial charge in [-0.3, -0.25) is 19.5 Å². The van der Waals surface area contributed by atoms with Crippen LogP contribution in [0.2, 0.25) is 0 Å². The largest absolute Gasteiger partial charge is 0.477 e. The quantitative estimate of drug-likeness (QED) is 0.0848. The number of piperidine rings is 1. The maximum atomic E-state index is 14.2. The zero-order chi connectivity index (χ0) is 41.4. The maximum absolute atomic E-state index is 14.2. The number of carbonyl (C=O) groups excluding carboxylic acids is 3. The van der Waals surface area contributed by atoms with Gasteiger partial charge in [0, 0.05) is 48.3 Å². The van der Waals surface area contributed by atoms with Crippen molar-refractivity contribution in [2.24, 2.45) is 29.4 Å². The second kappa shape index (κ2) is 17.5.